The summed E-state index contributed by atoms with van der Waals surface area (Å²) in [5, 5.41) is 4.08. The van der Waals surface area contributed by atoms with Crippen LogP contribution in [0, 0.1) is 0 Å². The van der Waals surface area contributed by atoms with E-state index in [2.05, 4.69) is 10.3 Å². The van der Waals surface area contributed by atoms with Gasteiger partial charge in [-0.2, -0.15) is 0 Å². The maximum absolute atomic E-state index is 11.5. The molecule has 5 heteroatoms. The summed E-state index contributed by atoms with van der Waals surface area (Å²) in [5.74, 6) is -0.238. The quantitative estimate of drug-likeness (QED) is 0.849. The fourth-order valence-electron chi connectivity index (χ4n) is 2.14. The average Bonchev–Trinajstić information content (AvgIpc) is 2.76. The van der Waals surface area contributed by atoms with Gasteiger partial charge in [-0.1, -0.05) is 18.2 Å². The second-order valence-corrected chi connectivity index (χ2v) is 4.47. The lowest BCUT2D eigenvalue weighted by Crippen LogP contribution is -2.33. The number of pyridine rings is 1. The number of rotatable bonds is 3. The first-order chi connectivity index (χ1) is 9.24. The molecule has 2 amide bonds. The van der Waals surface area contributed by atoms with Crippen LogP contribution >= 0.6 is 0 Å². The van der Waals surface area contributed by atoms with E-state index in [-0.39, 0.29) is 18.5 Å². The van der Waals surface area contributed by atoms with Crippen LogP contribution in [0.3, 0.4) is 0 Å². The third-order valence-corrected chi connectivity index (χ3v) is 3.19. The highest BCUT2D eigenvalue weighted by Gasteiger charge is 2.28. The number of likely N-dealkylation sites (tertiary alicyclic amines) is 1. The molecule has 0 saturated carbocycles. The number of amides is 2. The fraction of sp³-hybridized carbons (Fsp3) is 0.214. The second-order valence-electron chi connectivity index (χ2n) is 4.47. The summed E-state index contributed by atoms with van der Waals surface area (Å²) in [6.07, 6.45) is 2.33. The summed E-state index contributed by atoms with van der Waals surface area (Å²) in [7, 11) is 0. The number of para-hydroxylation sites is 1. The molecule has 1 aromatic heterocycles. The van der Waals surface area contributed by atoms with E-state index in [1.807, 2.05) is 30.3 Å². The second kappa shape index (κ2) is 4.68. The van der Waals surface area contributed by atoms with Gasteiger partial charge in [0.15, 0.2) is 0 Å². The highest BCUT2D eigenvalue weighted by atomic mass is 16.2. The van der Waals surface area contributed by atoms with Crippen LogP contribution in [-0.2, 0) is 9.59 Å². The summed E-state index contributed by atoms with van der Waals surface area (Å²) in [5.41, 5.74) is 1.72. The zero-order valence-electron chi connectivity index (χ0n) is 10.3. The minimum Gasteiger partial charge on any atom is -0.366 e. The lowest BCUT2D eigenvalue weighted by atomic mass is 10.2. The Hall–Kier alpha value is -2.43. The van der Waals surface area contributed by atoms with Crippen molar-refractivity contribution in [1.82, 2.24) is 9.88 Å². The summed E-state index contributed by atoms with van der Waals surface area (Å²) in [6.45, 7) is 0.206. The van der Waals surface area contributed by atoms with E-state index in [4.69, 9.17) is 0 Å². The van der Waals surface area contributed by atoms with Gasteiger partial charge in [-0.25, -0.2) is 0 Å². The average molecular weight is 255 g/mol. The molecule has 1 aromatic carbocycles. The smallest absolute Gasteiger partial charge is 0.231 e. The fourth-order valence-corrected chi connectivity index (χ4v) is 2.14. The highest BCUT2D eigenvalue weighted by molar-refractivity contribution is 6.02. The van der Waals surface area contributed by atoms with Gasteiger partial charge in [0, 0.05) is 18.2 Å². The Bertz CT molecular complexity index is 638. The number of benzene rings is 1. The zero-order chi connectivity index (χ0) is 13.2. The first-order valence-electron chi connectivity index (χ1n) is 6.16. The standard InChI is InChI=1S/C14H13N3O2/c18-13-5-6-14(19)17(13)9-16-11-7-10-3-1-2-4-12(10)15-8-11/h1-4,7-8,16H,5-6,9H2. The Morgan fingerprint density at radius 1 is 1.16 bits per heavy atom. The Morgan fingerprint density at radius 2 is 1.89 bits per heavy atom. The van der Waals surface area contributed by atoms with Crippen molar-refractivity contribution in [2.45, 2.75) is 12.8 Å². The third-order valence-electron chi connectivity index (χ3n) is 3.19. The zero-order valence-corrected chi connectivity index (χ0v) is 10.3. The molecule has 5 nitrogen and oxygen atoms in total. The van der Waals surface area contributed by atoms with Crippen LogP contribution in [0.4, 0.5) is 5.69 Å². The molecule has 0 atom stereocenters. The Kier molecular flexibility index (Phi) is 2.87. The van der Waals surface area contributed by atoms with Gasteiger partial charge >= 0.3 is 0 Å². The lowest BCUT2D eigenvalue weighted by Gasteiger charge is -2.15. The van der Waals surface area contributed by atoms with Crippen molar-refractivity contribution < 1.29 is 9.59 Å². The van der Waals surface area contributed by atoms with Gasteiger partial charge in [-0.3, -0.25) is 19.5 Å². The van der Waals surface area contributed by atoms with E-state index < -0.39 is 0 Å². The summed E-state index contributed by atoms with van der Waals surface area (Å²) in [4.78, 5) is 28.5. The number of hydrogen-bond donors (Lipinski definition) is 1. The maximum Gasteiger partial charge on any atom is 0.231 e. The van der Waals surface area contributed by atoms with Crippen molar-refractivity contribution in [3.63, 3.8) is 0 Å². The number of nitrogens with zero attached hydrogens (tertiary/aromatic N) is 2. The number of aromatic nitrogens is 1. The van der Waals surface area contributed by atoms with Gasteiger partial charge in [-0.05, 0) is 12.1 Å². The van der Waals surface area contributed by atoms with E-state index in [0.717, 1.165) is 16.6 Å². The van der Waals surface area contributed by atoms with Crippen molar-refractivity contribution in [3.05, 3.63) is 36.5 Å². The van der Waals surface area contributed by atoms with E-state index >= 15 is 0 Å². The highest BCUT2D eigenvalue weighted by Crippen LogP contribution is 2.17. The van der Waals surface area contributed by atoms with Crippen molar-refractivity contribution in [1.29, 1.82) is 0 Å². The molecule has 0 unspecified atom stereocenters. The number of anilines is 1. The van der Waals surface area contributed by atoms with E-state index in [1.54, 1.807) is 6.20 Å². The Labute approximate surface area is 110 Å². The maximum atomic E-state index is 11.5. The molecule has 1 aliphatic rings. The first-order valence-corrected chi connectivity index (χ1v) is 6.16. The molecule has 96 valence electrons. The molecule has 0 spiro atoms. The van der Waals surface area contributed by atoms with Gasteiger partial charge in [-0.15, -0.1) is 0 Å². The minimum atomic E-state index is -0.119. The SMILES string of the molecule is O=C1CCC(=O)N1CNc1cnc2ccccc2c1. The molecule has 1 saturated heterocycles. The number of hydrogen-bond acceptors (Lipinski definition) is 4. The molecule has 3 rings (SSSR count). The van der Waals surface area contributed by atoms with E-state index in [1.165, 1.54) is 4.90 Å². The minimum absolute atomic E-state index is 0.119. The number of carbonyl (C=O) groups is 2. The topological polar surface area (TPSA) is 62.3 Å². The van der Waals surface area contributed by atoms with Crippen LogP contribution in [0.1, 0.15) is 12.8 Å². The largest absolute Gasteiger partial charge is 0.366 e. The van der Waals surface area contributed by atoms with Crippen LogP contribution in [0.25, 0.3) is 10.9 Å². The van der Waals surface area contributed by atoms with Gasteiger partial charge in [0.25, 0.3) is 0 Å². The van der Waals surface area contributed by atoms with Crippen LogP contribution in [0.2, 0.25) is 0 Å². The molecule has 19 heavy (non-hydrogen) atoms. The van der Waals surface area contributed by atoms with Crippen molar-refractivity contribution in [2.75, 3.05) is 12.0 Å². The number of fused-ring (bicyclic) bond motifs is 1. The van der Waals surface area contributed by atoms with Gasteiger partial charge in [0.05, 0.1) is 24.1 Å². The molecular weight excluding hydrogens is 242 g/mol. The number of imide groups is 1. The van der Waals surface area contributed by atoms with Gasteiger partial charge in [0.1, 0.15) is 0 Å². The molecule has 0 aliphatic carbocycles. The molecule has 1 aliphatic heterocycles. The number of nitrogens with one attached hydrogen (secondary N) is 1. The van der Waals surface area contributed by atoms with Crippen molar-refractivity contribution >= 4 is 28.4 Å². The number of carbonyl (C=O) groups excluding carboxylic acids is 2. The predicted molar refractivity (Wildman–Crippen MR) is 71.3 cm³/mol. The van der Waals surface area contributed by atoms with E-state index in [9.17, 15) is 9.59 Å². The third kappa shape index (κ3) is 2.27. The monoisotopic (exact) mass is 255 g/mol. The molecule has 0 bridgehead atoms. The van der Waals surface area contributed by atoms with Crippen LogP contribution < -0.4 is 5.32 Å². The van der Waals surface area contributed by atoms with Crippen LogP contribution in [-0.4, -0.2) is 28.4 Å². The molecular formula is C14H13N3O2. The summed E-state index contributed by atoms with van der Waals surface area (Å²) in [6, 6.07) is 9.74. The van der Waals surface area contributed by atoms with E-state index in [0.29, 0.717) is 12.8 Å². The predicted octanol–water partition coefficient (Wildman–Crippen LogP) is 1.75. The lowest BCUT2D eigenvalue weighted by molar-refractivity contribution is -0.137. The van der Waals surface area contributed by atoms with Crippen molar-refractivity contribution in [3.8, 4) is 0 Å². The first kappa shape index (κ1) is 11.6. The van der Waals surface area contributed by atoms with Gasteiger partial charge < -0.3 is 5.32 Å². The normalized spacial score (nSPS) is 15.3. The Morgan fingerprint density at radius 3 is 2.68 bits per heavy atom. The molecule has 1 N–H and O–H groups in total. The van der Waals surface area contributed by atoms with Gasteiger partial charge in [0.2, 0.25) is 11.8 Å². The molecule has 2 aromatic rings. The van der Waals surface area contributed by atoms with Crippen LogP contribution in [0.15, 0.2) is 36.5 Å². The van der Waals surface area contributed by atoms with Crippen molar-refractivity contribution in [2.24, 2.45) is 0 Å². The molecule has 1 fully saturated rings. The molecule has 0 radical (unpaired) electrons. The Balaban J connectivity index is 1.75. The molecule has 2 heterocycles. The summed E-state index contributed by atoms with van der Waals surface area (Å²) >= 11 is 0. The summed E-state index contributed by atoms with van der Waals surface area (Å²) < 4.78 is 0. The van der Waals surface area contributed by atoms with Crippen LogP contribution in [0.5, 0.6) is 0 Å².